The highest BCUT2D eigenvalue weighted by Gasteiger charge is 2.25. The van der Waals surface area contributed by atoms with Crippen LogP contribution in [0.5, 0.6) is 0 Å². The van der Waals surface area contributed by atoms with Gasteiger partial charge in [-0.15, -0.1) is 0 Å². The molecule has 2 amide bonds. The number of aliphatic hydroxyl groups excluding tert-OH is 1. The molecule has 0 unspecified atom stereocenters. The van der Waals surface area contributed by atoms with Crippen LogP contribution in [0.1, 0.15) is 28.8 Å². The number of hydrogen-bond donors (Lipinski definition) is 2. The Morgan fingerprint density at radius 2 is 2.21 bits per heavy atom. The summed E-state index contributed by atoms with van der Waals surface area (Å²) in [6.45, 7) is 3.08. The number of aliphatic hydroxyl groups is 1. The molecule has 1 aliphatic rings. The van der Waals surface area contributed by atoms with E-state index in [-0.39, 0.29) is 11.8 Å². The fourth-order valence-electron chi connectivity index (χ4n) is 2.59. The van der Waals surface area contributed by atoms with Gasteiger partial charge in [-0.05, 0) is 25.1 Å². The molecule has 2 N–H and O–H groups in total. The Bertz CT molecular complexity index is 741. The molecular weight excluding hydrogens is 310 g/mol. The Morgan fingerprint density at radius 3 is 2.92 bits per heavy atom. The van der Waals surface area contributed by atoms with Crippen LogP contribution < -0.4 is 5.32 Å². The molecule has 0 aliphatic carbocycles. The summed E-state index contributed by atoms with van der Waals surface area (Å²) in [6.07, 6.45) is 0.644. The van der Waals surface area contributed by atoms with Crippen LogP contribution in [-0.4, -0.2) is 49.2 Å². The first-order valence-electron chi connectivity index (χ1n) is 7.76. The van der Waals surface area contributed by atoms with Gasteiger partial charge in [0.15, 0.2) is 5.69 Å². The van der Waals surface area contributed by atoms with E-state index in [2.05, 4.69) is 15.4 Å². The second-order valence-corrected chi connectivity index (χ2v) is 5.68. The molecule has 24 heavy (non-hydrogen) atoms. The molecule has 0 fully saturated rings. The van der Waals surface area contributed by atoms with Gasteiger partial charge in [-0.2, -0.15) is 5.10 Å². The zero-order valence-electron chi connectivity index (χ0n) is 13.3. The van der Waals surface area contributed by atoms with Crippen molar-refractivity contribution in [3.8, 4) is 0 Å². The van der Waals surface area contributed by atoms with Gasteiger partial charge in [-0.3, -0.25) is 19.3 Å². The summed E-state index contributed by atoms with van der Waals surface area (Å²) in [7, 11) is 0. The predicted octanol–water partition coefficient (Wildman–Crippen LogP) is -0.0689. The van der Waals surface area contributed by atoms with E-state index in [0.717, 1.165) is 11.4 Å². The van der Waals surface area contributed by atoms with E-state index in [0.29, 0.717) is 31.9 Å². The van der Waals surface area contributed by atoms with Crippen molar-refractivity contribution in [3.05, 3.63) is 47.5 Å². The van der Waals surface area contributed by atoms with Gasteiger partial charge in [-0.1, -0.05) is 6.07 Å². The Labute approximate surface area is 139 Å². The molecule has 0 spiro atoms. The maximum absolute atomic E-state index is 12.2. The molecule has 3 rings (SSSR count). The summed E-state index contributed by atoms with van der Waals surface area (Å²) >= 11 is 0. The van der Waals surface area contributed by atoms with Crippen LogP contribution in [0.25, 0.3) is 0 Å². The van der Waals surface area contributed by atoms with Crippen molar-refractivity contribution in [2.24, 2.45) is 0 Å². The SMILES string of the molecule is C[C@H](O)C(=O)N1CCn2nc(C(=O)NCc3ccccn3)cc2C1. The molecule has 0 aromatic carbocycles. The molecule has 2 aromatic heterocycles. The summed E-state index contributed by atoms with van der Waals surface area (Å²) in [6, 6.07) is 7.18. The number of nitrogens with one attached hydrogen (secondary N) is 1. The minimum Gasteiger partial charge on any atom is -0.384 e. The lowest BCUT2D eigenvalue weighted by Crippen LogP contribution is -2.42. The summed E-state index contributed by atoms with van der Waals surface area (Å²) in [5.41, 5.74) is 1.86. The minimum atomic E-state index is -1.03. The summed E-state index contributed by atoms with van der Waals surface area (Å²) in [5, 5.41) is 16.5. The van der Waals surface area contributed by atoms with Crippen molar-refractivity contribution >= 4 is 11.8 Å². The van der Waals surface area contributed by atoms with Gasteiger partial charge in [-0.25, -0.2) is 0 Å². The number of fused-ring (bicyclic) bond motifs is 1. The quantitative estimate of drug-likeness (QED) is 0.818. The molecule has 126 valence electrons. The number of aromatic nitrogens is 3. The van der Waals surface area contributed by atoms with Crippen molar-refractivity contribution in [1.82, 2.24) is 25.0 Å². The van der Waals surface area contributed by atoms with Gasteiger partial charge in [0.2, 0.25) is 0 Å². The summed E-state index contributed by atoms with van der Waals surface area (Å²) < 4.78 is 1.72. The molecule has 0 bridgehead atoms. The lowest BCUT2D eigenvalue weighted by atomic mass is 10.2. The van der Waals surface area contributed by atoms with E-state index < -0.39 is 6.10 Å². The van der Waals surface area contributed by atoms with Crippen molar-refractivity contribution in [3.63, 3.8) is 0 Å². The Hall–Kier alpha value is -2.74. The van der Waals surface area contributed by atoms with E-state index in [1.54, 1.807) is 21.8 Å². The lowest BCUT2D eigenvalue weighted by Gasteiger charge is -2.28. The van der Waals surface area contributed by atoms with E-state index >= 15 is 0 Å². The number of rotatable bonds is 4. The van der Waals surface area contributed by atoms with Gasteiger partial charge in [0, 0.05) is 12.7 Å². The first kappa shape index (κ1) is 16.1. The average Bonchev–Trinajstić information content (AvgIpc) is 3.03. The molecule has 8 heteroatoms. The summed E-state index contributed by atoms with van der Waals surface area (Å²) in [5.74, 6) is -0.598. The molecule has 8 nitrogen and oxygen atoms in total. The fraction of sp³-hybridized carbons (Fsp3) is 0.375. The largest absolute Gasteiger partial charge is 0.384 e. The van der Waals surface area contributed by atoms with Crippen LogP contribution in [0.3, 0.4) is 0 Å². The smallest absolute Gasteiger partial charge is 0.272 e. The number of hydrogen-bond acceptors (Lipinski definition) is 5. The third-order valence-electron chi connectivity index (χ3n) is 3.86. The van der Waals surface area contributed by atoms with E-state index in [9.17, 15) is 14.7 Å². The zero-order chi connectivity index (χ0) is 17.1. The lowest BCUT2D eigenvalue weighted by molar-refractivity contribution is -0.140. The van der Waals surface area contributed by atoms with Gasteiger partial charge >= 0.3 is 0 Å². The third-order valence-corrected chi connectivity index (χ3v) is 3.86. The fourth-order valence-corrected chi connectivity index (χ4v) is 2.59. The van der Waals surface area contributed by atoms with Gasteiger partial charge in [0.1, 0.15) is 6.10 Å². The van der Waals surface area contributed by atoms with E-state index in [1.807, 2.05) is 18.2 Å². The highest BCUT2D eigenvalue weighted by atomic mass is 16.3. The second kappa shape index (κ2) is 6.79. The number of carbonyl (C=O) groups is 2. The van der Waals surface area contributed by atoms with Gasteiger partial charge < -0.3 is 15.3 Å². The molecule has 1 aliphatic heterocycles. The highest BCUT2D eigenvalue weighted by molar-refractivity contribution is 5.92. The number of pyridine rings is 1. The van der Waals surface area contributed by atoms with E-state index in [1.165, 1.54) is 6.92 Å². The topological polar surface area (TPSA) is 100 Å². The van der Waals surface area contributed by atoms with Crippen LogP contribution in [0.15, 0.2) is 30.5 Å². The standard InChI is InChI=1S/C16H19N5O3/c1-11(22)16(24)20-6-7-21-13(10-20)8-14(19-21)15(23)18-9-12-4-2-3-5-17-12/h2-5,8,11,22H,6-7,9-10H2,1H3,(H,18,23)/t11-/m0/s1. The Kier molecular flexibility index (Phi) is 4.57. The van der Waals surface area contributed by atoms with Crippen LogP contribution in [0.2, 0.25) is 0 Å². The van der Waals surface area contributed by atoms with E-state index in [4.69, 9.17) is 0 Å². The van der Waals surface area contributed by atoms with Crippen molar-refractivity contribution in [2.75, 3.05) is 6.54 Å². The van der Waals surface area contributed by atoms with Crippen LogP contribution in [0, 0.1) is 0 Å². The zero-order valence-corrected chi connectivity index (χ0v) is 13.3. The number of nitrogens with zero attached hydrogens (tertiary/aromatic N) is 4. The predicted molar refractivity (Wildman–Crippen MR) is 84.7 cm³/mol. The normalized spacial score (nSPS) is 14.8. The Morgan fingerprint density at radius 1 is 1.38 bits per heavy atom. The molecular formula is C16H19N5O3. The average molecular weight is 329 g/mol. The van der Waals surface area contributed by atoms with Crippen molar-refractivity contribution in [2.45, 2.75) is 32.7 Å². The van der Waals surface area contributed by atoms with Gasteiger partial charge in [0.05, 0.1) is 31.0 Å². The molecule has 0 saturated carbocycles. The van der Waals surface area contributed by atoms with Crippen molar-refractivity contribution < 1.29 is 14.7 Å². The van der Waals surface area contributed by atoms with Crippen LogP contribution in [0.4, 0.5) is 0 Å². The first-order valence-corrected chi connectivity index (χ1v) is 7.76. The maximum Gasteiger partial charge on any atom is 0.272 e. The maximum atomic E-state index is 12.2. The second-order valence-electron chi connectivity index (χ2n) is 5.68. The molecule has 1 atom stereocenters. The number of carbonyl (C=O) groups excluding carboxylic acids is 2. The monoisotopic (exact) mass is 329 g/mol. The third kappa shape index (κ3) is 3.43. The first-order chi connectivity index (χ1) is 11.5. The van der Waals surface area contributed by atoms with Crippen LogP contribution in [-0.2, 0) is 24.4 Å². The van der Waals surface area contributed by atoms with Gasteiger partial charge in [0.25, 0.3) is 11.8 Å². The minimum absolute atomic E-state index is 0.282. The highest BCUT2D eigenvalue weighted by Crippen LogP contribution is 2.14. The van der Waals surface area contributed by atoms with Crippen molar-refractivity contribution in [1.29, 1.82) is 0 Å². The van der Waals surface area contributed by atoms with Crippen LogP contribution >= 0.6 is 0 Å². The molecule has 0 radical (unpaired) electrons. The number of amides is 2. The Balaban J connectivity index is 1.65. The summed E-state index contributed by atoms with van der Waals surface area (Å²) in [4.78, 5) is 29.8. The molecule has 3 heterocycles. The molecule has 0 saturated heterocycles. The molecule has 2 aromatic rings.